The number of carbonyl (C=O) groups excluding carboxylic acids is 3. The van der Waals surface area contributed by atoms with Crippen LogP contribution in [-0.4, -0.2) is 68.9 Å². The molecule has 0 bridgehead atoms. The monoisotopic (exact) mass is 315 g/mol. The van der Waals surface area contributed by atoms with Gasteiger partial charge in [0.25, 0.3) is 11.8 Å². The highest BCUT2D eigenvalue weighted by molar-refractivity contribution is 5.99. The largest absolute Gasteiger partial charge is 0.439 e. The number of carbonyl (C=O) groups is 3. The Balaban J connectivity index is 1.51. The zero-order valence-corrected chi connectivity index (χ0v) is 12.1. The molecule has 1 N–H and O–H groups in total. The second-order valence-electron chi connectivity index (χ2n) is 5.54. The summed E-state index contributed by atoms with van der Waals surface area (Å²) in [6.45, 7) is 0.583. The average molecular weight is 315 g/mol. The molecular weight excluding hydrogens is 302 g/mol. The standard InChI is InChI=1S/C14H13N5O4/c20-12-7-23-14(22)19(12)9-3-4-18(6-9)13(21)8-1-2-10-11(5-8)16-17-15-10/h1-2,5,9H,3-4,6-7H2,(H,15,16,17). The van der Waals surface area contributed by atoms with Gasteiger partial charge in [0.2, 0.25) is 0 Å². The fourth-order valence-corrected chi connectivity index (χ4v) is 3.01. The van der Waals surface area contributed by atoms with Gasteiger partial charge in [0.1, 0.15) is 11.0 Å². The Morgan fingerprint density at radius 1 is 1.26 bits per heavy atom. The van der Waals surface area contributed by atoms with Crippen LogP contribution in [0.25, 0.3) is 11.0 Å². The molecule has 0 radical (unpaired) electrons. The van der Waals surface area contributed by atoms with Crippen LogP contribution in [0.3, 0.4) is 0 Å². The molecule has 4 rings (SSSR count). The van der Waals surface area contributed by atoms with E-state index in [2.05, 4.69) is 15.4 Å². The minimum Gasteiger partial charge on any atom is -0.439 e. The van der Waals surface area contributed by atoms with Gasteiger partial charge in [-0.1, -0.05) is 0 Å². The Morgan fingerprint density at radius 2 is 2.09 bits per heavy atom. The molecule has 1 aromatic heterocycles. The van der Waals surface area contributed by atoms with Gasteiger partial charge in [0.15, 0.2) is 6.61 Å². The molecule has 2 aliphatic heterocycles. The molecule has 1 aromatic carbocycles. The van der Waals surface area contributed by atoms with Gasteiger partial charge in [-0.2, -0.15) is 15.4 Å². The summed E-state index contributed by atoms with van der Waals surface area (Å²) in [5.41, 5.74) is 1.80. The first kappa shape index (κ1) is 13.7. The van der Waals surface area contributed by atoms with Crippen LogP contribution in [-0.2, 0) is 9.53 Å². The highest BCUT2D eigenvalue weighted by atomic mass is 16.6. The minimum atomic E-state index is -0.627. The van der Waals surface area contributed by atoms with Crippen LogP contribution in [0.1, 0.15) is 16.8 Å². The summed E-state index contributed by atoms with van der Waals surface area (Å²) in [6.07, 6.45) is -0.0722. The summed E-state index contributed by atoms with van der Waals surface area (Å²) in [4.78, 5) is 38.6. The van der Waals surface area contributed by atoms with Gasteiger partial charge in [0.05, 0.1) is 6.04 Å². The van der Waals surface area contributed by atoms with Gasteiger partial charge in [-0.3, -0.25) is 9.59 Å². The lowest BCUT2D eigenvalue weighted by atomic mass is 10.2. The van der Waals surface area contributed by atoms with Gasteiger partial charge in [-0.25, -0.2) is 9.69 Å². The molecule has 2 aromatic rings. The molecule has 2 aliphatic rings. The maximum absolute atomic E-state index is 12.6. The molecule has 0 spiro atoms. The van der Waals surface area contributed by atoms with E-state index < -0.39 is 6.09 Å². The molecular formula is C14H13N5O4. The molecule has 2 saturated heterocycles. The molecule has 3 heterocycles. The number of H-pyrrole nitrogens is 1. The van der Waals surface area contributed by atoms with Crippen molar-refractivity contribution in [1.82, 2.24) is 25.2 Å². The van der Waals surface area contributed by atoms with Crippen LogP contribution in [0.2, 0.25) is 0 Å². The molecule has 118 valence electrons. The van der Waals surface area contributed by atoms with Crippen LogP contribution < -0.4 is 0 Å². The predicted molar refractivity (Wildman–Crippen MR) is 76.4 cm³/mol. The number of ether oxygens (including phenoxy) is 1. The number of amides is 3. The van der Waals surface area contributed by atoms with Gasteiger partial charge < -0.3 is 9.64 Å². The van der Waals surface area contributed by atoms with Gasteiger partial charge in [-0.15, -0.1) is 0 Å². The molecule has 1 atom stereocenters. The Labute approximate surface area is 130 Å². The third-order valence-electron chi connectivity index (χ3n) is 4.16. The Morgan fingerprint density at radius 3 is 2.87 bits per heavy atom. The van der Waals surface area contributed by atoms with E-state index in [9.17, 15) is 14.4 Å². The molecule has 23 heavy (non-hydrogen) atoms. The first-order chi connectivity index (χ1) is 11.1. The van der Waals surface area contributed by atoms with Crippen molar-refractivity contribution >= 4 is 28.9 Å². The van der Waals surface area contributed by atoms with Gasteiger partial charge >= 0.3 is 6.09 Å². The number of fused-ring (bicyclic) bond motifs is 1. The second-order valence-corrected chi connectivity index (χ2v) is 5.54. The number of rotatable bonds is 2. The quantitative estimate of drug-likeness (QED) is 0.845. The van der Waals surface area contributed by atoms with E-state index in [4.69, 9.17) is 4.74 Å². The number of aromatic nitrogens is 3. The number of nitrogens with one attached hydrogen (secondary N) is 1. The lowest BCUT2D eigenvalue weighted by Crippen LogP contribution is -2.42. The first-order valence-electron chi connectivity index (χ1n) is 7.22. The lowest BCUT2D eigenvalue weighted by Gasteiger charge is -2.20. The van der Waals surface area contributed by atoms with Crippen LogP contribution in [0.5, 0.6) is 0 Å². The molecule has 0 saturated carbocycles. The van der Waals surface area contributed by atoms with E-state index in [1.807, 2.05) is 0 Å². The third-order valence-corrected chi connectivity index (χ3v) is 4.16. The molecule has 0 aliphatic carbocycles. The van der Waals surface area contributed by atoms with E-state index in [0.717, 1.165) is 4.90 Å². The van der Waals surface area contributed by atoms with Crippen molar-refractivity contribution in [2.24, 2.45) is 0 Å². The zero-order valence-electron chi connectivity index (χ0n) is 12.1. The third kappa shape index (κ3) is 2.20. The summed E-state index contributed by atoms with van der Waals surface area (Å²) in [7, 11) is 0. The van der Waals surface area contributed by atoms with Crippen LogP contribution in [0, 0.1) is 0 Å². The SMILES string of the molecule is O=C(c1ccc2n[nH]nc2c1)N1CCC(N2C(=O)COC2=O)C1. The fourth-order valence-electron chi connectivity index (χ4n) is 3.01. The topological polar surface area (TPSA) is 108 Å². The number of hydrogen-bond donors (Lipinski definition) is 1. The smallest absolute Gasteiger partial charge is 0.417 e. The molecule has 3 amide bonds. The summed E-state index contributed by atoms with van der Waals surface area (Å²) in [5, 5.41) is 10.4. The number of cyclic esters (lactones) is 1. The summed E-state index contributed by atoms with van der Waals surface area (Å²) >= 11 is 0. The summed E-state index contributed by atoms with van der Waals surface area (Å²) in [6, 6.07) is 4.76. The number of likely N-dealkylation sites (tertiary alicyclic amines) is 1. The van der Waals surface area contributed by atoms with E-state index in [1.165, 1.54) is 0 Å². The molecule has 9 nitrogen and oxygen atoms in total. The van der Waals surface area contributed by atoms with Crippen molar-refractivity contribution < 1.29 is 19.1 Å². The number of imide groups is 1. The van der Waals surface area contributed by atoms with Crippen molar-refractivity contribution in [3.63, 3.8) is 0 Å². The lowest BCUT2D eigenvalue weighted by molar-refractivity contribution is -0.127. The zero-order chi connectivity index (χ0) is 16.0. The number of hydrogen-bond acceptors (Lipinski definition) is 6. The van der Waals surface area contributed by atoms with E-state index in [0.29, 0.717) is 36.1 Å². The highest BCUT2D eigenvalue weighted by Gasteiger charge is 2.41. The van der Waals surface area contributed by atoms with E-state index in [-0.39, 0.29) is 24.5 Å². The summed E-state index contributed by atoms with van der Waals surface area (Å²) < 4.78 is 4.73. The molecule has 2 fully saturated rings. The maximum atomic E-state index is 12.6. The summed E-state index contributed by atoms with van der Waals surface area (Å²) in [5.74, 6) is -0.504. The predicted octanol–water partition coefficient (Wildman–Crippen LogP) is 0.151. The van der Waals surface area contributed by atoms with Crippen LogP contribution in [0.4, 0.5) is 4.79 Å². The number of benzene rings is 1. The van der Waals surface area contributed by atoms with Crippen molar-refractivity contribution in [3.05, 3.63) is 23.8 Å². The fraction of sp³-hybridized carbons (Fsp3) is 0.357. The number of nitrogens with zero attached hydrogens (tertiary/aromatic N) is 4. The first-order valence-corrected chi connectivity index (χ1v) is 7.22. The van der Waals surface area contributed by atoms with Gasteiger partial charge in [-0.05, 0) is 24.6 Å². The van der Waals surface area contributed by atoms with E-state index >= 15 is 0 Å². The van der Waals surface area contributed by atoms with Gasteiger partial charge in [0, 0.05) is 18.7 Å². The normalized spacial score (nSPS) is 21.3. The Hall–Kier alpha value is -2.97. The van der Waals surface area contributed by atoms with Crippen LogP contribution >= 0.6 is 0 Å². The molecule has 9 heteroatoms. The second kappa shape index (κ2) is 5.04. The Bertz CT molecular complexity index is 800. The maximum Gasteiger partial charge on any atom is 0.417 e. The van der Waals surface area contributed by atoms with Crippen LogP contribution in [0.15, 0.2) is 18.2 Å². The van der Waals surface area contributed by atoms with Crippen molar-refractivity contribution in [2.45, 2.75) is 12.5 Å². The number of aromatic amines is 1. The average Bonchev–Trinajstić information content (AvgIpc) is 3.26. The van der Waals surface area contributed by atoms with Crippen molar-refractivity contribution in [1.29, 1.82) is 0 Å². The van der Waals surface area contributed by atoms with E-state index in [1.54, 1.807) is 23.1 Å². The molecule has 1 unspecified atom stereocenters. The van der Waals surface area contributed by atoms with Crippen molar-refractivity contribution in [3.8, 4) is 0 Å². The minimum absolute atomic E-state index is 0.155. The van der Waals surface area contributed by atoms with Crippen molar-refractivity contribution in [2.75, 3.05) is 19.7 Å². The highest BCUT2D eigenvalue weighted by Crippen LogP contribution is 2.22. The Kier molecular flexibility index (Phi) is 3.00.